The van der Waals surface area contributed by atoms with E-state index < -0.39 is 6.29 Å². The monoisotopic (exact) mass is 610 g/mol. The van der Waals surface area contributed by atoms with E-state index in [0.717, 1.165) is 112 Å². The zero-order valence-corrected chi connectivity index (χ0v) is 26.7. The van der Waals surface area contributed by atoms with Crippen molar-refractivity contribution in [3.8, 4) is 0 Å². The van der Waals surface area contributed by atoms with Crippen LogP contribution in [-0.2, 0) is 23.7 Å². The number of ether oxygens (including phenoxy) is 4. The molecule has 0 aromatic rings. The van der Waals surface area contributed by atoms with Gasteiger partial charge in [0.15, 0.2) is 6.29 Å². The fraction of sp³-hybridized carbons (Fsp3) is 0.541. The highest BCUT2D eigenvalue weighted by Gasteiger charge is 2.20. The number of allylic oxidation sites excluding steroid dienone is 11. The predicted octanol–water partition coefficient (Wildman–Crippen LogP) is 8.93. The van der Waals surface area contributed by atoms with Crippen LogP contribution in [0.2, 0.25) is 0 Å². The zero-order valence-electron chi connectivity index (χ0n) is 26.7. The van der Waals surface area contributed by atoms with Crippen LogP contribution in [-0.4, -0.2) is 43.3 Å². The molecule has 44 heavy (non-hydrogen) atoms. The average Bonchev–Trinajstić information content (AvgIpc) is 3.02. The van der Waals surface area contributed by atoms with E-state index in [1.165, 1.54) is 11.6 Å². The highest BCUT2D eigenvalue weighted by atomic mass is 19.1. The molecule has 0 saturated heterocycles. The zero-order chi connectivity index (χ0) is 31.7. The molecule has 3 aliphatic rings. The number of halogens is 1. The molecule has 0 saturated carbocycles. The molecule has 0 spiro atoms. The first-order valence-corrected chi connectivity index (χ1v) is 16.2. The molecule has 0 radical (unpaired) electrons. The normalized spacial score (nSPS) is 18.2. The third-order valence-corrected chi connectivity index (χ3v) is 8.06. The second-order valence-corrected chi connectivity index (χ2v) is 11.8. The van der Waals surface area contributed by atoms with Crippen LogP contribution >= 0.6 is 0 Å². The molecule has 0 bridgehead atoms. The van der Waals surface area contributed by atoms with Gasteiger partial charge in [0.25, 0.3) is 0 Å². The fourth-order valence-electron chi connectivity index (χ4n) is 5.35. The van der Waals surface area contributed by atoms with E-state index in [4.69, 9.17) is 18.9 Å². The third kappa shape index (κ3) is 12.8. The topological polar surface area (TPSA) is 74.2 Å². The van der Waals surface area contributed by atoms with Crippen LogP contribution in [0.25, 0.3) is 0 Å². The number of carbonyl (C=O) groups excluding carboxylic acids is 1. The minimum absolute atomic E-state index is 0.0626. The molecule has 1 N–H and O–H groups in total. The standard InChI is InChI=1S/C37H51FO6/c1-5-36(39)42-25-22-29-12-17-33(18-13-29)44-28(4)10-11-30-14-21-34(35(38)26-30)31-15-19-32(20-16-31)41-23-8-6-7-9-24-43-37(40)27(2)3/h5,12,15,17,19,26,28,36,39H,1-2,6-11,13-14,16,18,20-25H2,3-4H3. The van der Waals surface area contributed by atoms with Gasteiger partial charge < -0.3 is 24.1 Å². The Morgan fingerprint density at radius 1 is 0.932 bits per heavy atom. The number of hydrogen-bond donors (Lipinski definition) is 1. The molecule has 2 atom stereocenters. The van der Waals surface area contributed by atoms with Crippen LogP contribution in [0.4, 0.5) is 4.39 Å². The van der Waals surface area contributed by atoms with E-state index in [1.807, 2.05) is 18.2 Å². The Hall–Kier alpha value is -3.16. The Kier molecular flexibility index (Phi) is 15.5. The summed E-state index contributed by atoms with van der Waals surface area (Å²) in [5.74, 6) is 1.52. The summed E-state index contributed by atoms with van der Waals surface area (Å²) in [6.07, 6.45) is 21.6. The first kappa shape index (κ1) is 35.3. The summed E-state index contributed by atoms with van der Waals surface area (Å²) in [5.41, 5.74) is 4.77. The van der Waals surface area contributed by atoms with Crippen LogP contribution in [0.3, 0.4) is 0 Å². The SMILES string of the molecule is C=CC(O)OCCC1=CC=C(OC(C)CCC2=CC(F)=C(C3=CC=C(OCCCCCCOC(=O)C(=C)C)CC3)CC2)CC1. The van der Waals surface area contributed by atoms with Gasteiger partial charge in [0.05, 0.1) is 37.4 Å². The van der Waals surface area contributed by atoms with Gasteiger partial charge in [0, 0.05) is 18.4 Å². The van der Waals surface area contributed by atoms with E-state index in [2.05, 4.69) is 26.2 Å². The first-order valence-electron chi connectivity index (χ1n) is 16.2. The Bertz CT molecular complexity index is 1180. The van der Waals surface area contributed by atoms with Gasteiger partial charge in [-0.2, -0.15) is 0 Å². The molecule has 3 rings (SSSR count). The molecular weight excluding hydrogens is 559 g/mol. The van der Waals surface area contributed by atoms with Gasteiger partial charge in [-0.3, -0.25) is 0 Å². The lowest BCUT2D eigenvalue weighted by Gasteiger charge is -2.23. The summed E-state index contributed by atoms with van der Waals surface area (Å²) in [6.45, 7) is 12.4. The summed E-state index contributed by atoms with van der Waals surface area (Å²) >= 11 is 0. The van der Waals surface area contributed by atoms with E-state index in [-0.39, 0.29) is 17.9 Å². The van der Waals surface area contributed by atoms with Crippen molar-refractivity contribution in [1.29, 1.82) is 0 Å². The van der Waals surface area contributed by atoms with Crippen molar-refractivity contribution in [2.24, 2.45) is 0 Å². The van der Waals surface area contributed by atoms with Crippen LogP contribution in [0, 0.1) is 0 Å². The van der Waals surface area contributed by atoms with Crippen LogP contribution in [0.1, 0.15) is 97.3 Å². The van der Waals surface area contributed by atoms with Crippen molar-refractivity contribution < 1.29 is 33.2 Å². The maximum Gasteiger partial charge on any atom is 0.333 e. The molecule has 0 aromatic carbocycles. The Morgan fingerprint density at radius 2 is 1.66 bits per heavy atom. The molecule has 2 unspecified atom stereocenters. The van der Waals surface area contributed by atoms with Crippen molar-refractivity contribution in [3.05, 3.63) is 94.8 Å². The van der Waals surface area contributed by atoms with Gasteiger partial charge in [0.2, 0.25) is 0 Å². The minimum Gasteiger partial charge on any atom is -0.498 e. The summed E-state index contributed by atoms with van der Waals surface area (Å²) in [6, 6.07) is 0. The fourth-order valence-corrected chi connectivity index (χ4v) is 5.35. The maximum atomic E-state index is 15.1. The third-order valence-electron chi connectivity index (χ3n) is 8.06. The van der Waals surface area contributed by atoms with Crippen LogP contribution in [0.5, 0.6) is 0 Å². The summed E-state index contributed by atoms with van der Waals surface area (Å²) in [7, 11) is 0. The molecule has 0 aliphatic heterocycles. The lowest BCUT2D eigenvalue weighted by molar-refractivity contribution is -0.139. The number of esters is 1. The Morgan fingerprint density at radius 3 is 2.32 bits per heavy atom. The number of aliphatic hydroxyl groups is 1. The lowest BCUT2D eigenvalue weighted by atomic mass is 9.87. The van der Waals surface area contributed by atoms with E-state index >= 15 is 4.39 Å². The van der Waals surface area contributed by atoms with Gasteiger partial charge in [-0.15, -0.1) is 0 Å². The highest BCUT2D eigenvalue weighted by molar-refractivity contribution is 5.86. The lowest BCUT2D eigenvalue weighted by Crippen LogP contribution is -2.12. The van der Waals surface area contributed by atoms with Crippen molar-refractivity contribution in [3.63, 3.8) is 0 Å². The van der Waals surface area contributed by atoms with Crippen LogP contribution in [0.15, 0.2) is 94.8 Å². The second kappa shape index (κ2) is 19.3. The second-order valence-electron chi connectivity index (χ2n) is 11.8. The number of hydrogen-bond acceptors (Lipinski definition) is 6. The summed E-state index contributed by atoms with van der Waals surface area (Å²) in [4.78, 5) is 11.4. The van der Waals surface area contributed by atoms with Crippen molar-refractivity contribution >= 4 is 5.97 Å². The predicted molar refractivity (Wildman–Crippen MR) is 173 cm³/mol. The van der Waals surface area contributed by atoms with Gasteiger partial charge >= 0.3 is 5.97 Å². The van der Waals surface area contributed by atoms with Gasteiger partial charge in [-0.25, -0.2) is 9.18 Å². The minimum atomic E-state index is -0.911. The van der Waals surface area contributed by atoms with Crippen molar-refractivity contribution in [2.75, 3.05) is 19.8 Å². The summed E-state index contributed by atoms with van der Waals surface area (Å²) in [5, 5.41) is 9.40. The Labute approximate surface area is 263 Å². The van der Waals surface area contributed by atoms with Crippen molar-refractivity contribution in [2.45, 2.75) is 110 Å². The molecular formula is C37H51FO6. The van der Waals surface area contributed by atoms with Gasteiger partial charge in [-0.05, 0) is 120 Å². The van der Waals surface area contributed by atoms with Gasteiger partial charge in [-0.1, -0.05) is 36.5 Å². The quantitative estimate of drug-likeness (QED) is 0.0488. The maximum absolute atomic E-state index is 15.1. The van der Waals surface area contributed by atoms with E-state index in [1.54, 1.807) is 13.0 Å². The molecule has 0 fully saturated rings. The average molecular weight is 611 g/mol. The molecule has 6 nitrogen and oxygen atoms in total. The van der Waals surface area contributed by atoms with Crippen molar-refractivity contribution in [1.82, 2.24) is 0 Å². The smallest absolute Gasteiger partial charge is 0.333 e. The number of unbranched alkanes of at least 4 members (excludes halogenated alkanes) is 3. The first-order chi connectivity index (χ1) is 21.2. The molecule has 0 heterocycles. The number of rotatable bonds is 20. The molecule has 7 heteroatoms. The summed E-state index contributed by atoms with van der Waals surface area (Å²) < 4.78 is 37.6. The molecule has 0 amide bonds. The highest BCUT2D eigenvalue weighted by Crippen LogP contribution is 2.36. The largest absolute Gasteiger partial charge is 0.498 e. The van der Waals surface area contributed by atoms with E-state index in [0.29, 0.717) is 25.4 Å². The van der Waals surface area contributed by atoms with Crippen LogP contribution < -0.4 is 0 Å². The Balaban J connectivity index is 1.34. The number of carbonyl (C=O) groups is 1. The van der Waals surface area contributed by atoms with Gasteiger partial charge in [0.1, 0.15) is 5.83 Å². The molecule has 242 valence electrons. The molecule has 0 aromatic heterocycles. The molecule has 3 aliphatic carbocycles. The number of aliphatic hydroxyl groups excluding tert-OH is 1. The van der Waals surface area contributed by atoms with E-state index in [9.17, 15) is 9.90 Å².